The number of phenolic OH excluding ortho intramolecular Hbond substituents is 1. The first-order valence-electron chi connectivity index (χ1n) is 9.27. The van der Waals surface area contributed by atoms with Gasteiger partial charge in [-0.25, -0.2) is 4.79 Å². The summed E-state index contributed by atoms with van der Waals surface area (Å²) in [7, 11) is 0. The molecule has 0 spiro atoms. The fraction of sp³-hybridized carbons (Fsp3) is 0.381. The zero-order valence-corrected chi connectivity index (χ0v) is 15.2. The highest BCUT2D eigenvalue weighted by molar-refractivity contribution is 5.73. The highest BCUT2D eigenvalue weighted by Gasteiger charge is 2.24. The maximum absolute atomic E-state index is 11.9. The first-order chi connectivity index (χ1) is 12.6. The van der Waals surface area contributed by atoms with Gasteiger partial charge in [0, 0.05) is 31.4 Å². The van der Waals surface area contributed by atoms with Crippen molar-refractivity contribution in [3.05, 3.63) is 59.7 Å². The number of carbonyl (C=O) groups is 1. The van der Waals surface area contributed by atoms with Crippen molar-refractivity contribution in [3.8, 4) is 5.75 Å². The van der Waals surface area contributed by atoms with Crippen LogP contribution in [0.2, 0.25) is 0 Å². The Morgan fingerprint density at radius 3 is 2.65 bits per heavy atom. The Balaban J connectivity index is 1.33. The minimum atomic E-state index is -0.115. The maximum Gasteiger partial charge on any atom is 0.314 e. The molecular weight excluding hydrogens is 326 g/mol. The molecule has 5 heteroatoms. The number of hydrogen-bond donors (Lipinski definition) is 3. The number of amides is 2. The van der Waals surface area contributed by atoms with Gasteiger partial charge >= 0.3 is 6.03 Å². The van der Waals surface area contributed by atoms with E-state index in [-0.39, 0.29) is 11.8 Å². The molecule has 1 aliphatic heterocycles. The highest BCUT2D eigenvalue weighted by atomic mass is 16.3. The number of anilines is 1. The Morgan fingerprint density at radius 1 is 1.12 bits per heavy atom. The molecule has 0 saturated carbocycles. The van der Waals surface area contributed by atoms with Gasteiger partial charge in [-0.05, 0) is 55.5 Å². The monoisotopic (exact) mass is 353 g/mol. The normalized spacial score (nSPS) is 15.6. The van der Waals surface area contributed by atoms with Gasteiger partial charge in [0.25, 0.3) is 0 Å². The molecule has 5 nitrogen and oxygen atoms in total. The van der Waals surface area contributed by atoms with Crippen molar-refractivity contribution in [1.82, 2.24) is 10.6 Å². The van der Waals surface area contributed by atoms with Crippen LogP contribution < -0.4 is 15.5 Å². The van der Waals surface area contributed by atoms with E-state index in [0.29, 0.717) is 19.1 Å². The number of urea groups is 1. The fourth-order valence-corrected chi connectivity index (χ4v) is 3.48. The van der Waals surface area contributed by atoms with Crippen LogP contribution in [0.25, 0.3) is 0 Å². The van der Waals surface area contributed by atoms with Gasteiger partial charge in [-0.15, -0.1) is 0 Å². The molecule has 0 fully saturated rings. The molecule has 26 heavy (non-hydrogen) atoms. The molecule has 0 aromatic heterocycles. The molecule has 2 aromatic rings. The summed E-state index contributed by atoms with van der Waals surface area (Å²) in [6.07, 6.45) is 2.82. The van der Waals surface area contributed by atoms with Crippen LogP contribution in [-0.4, -0.2) is 36.8 Å². The molecule has 1 aliphatic rings. The van der Waals surface area contributed by atoms with Crippen molar-refractivity contribution in [2.45, 2.75) is 32.2 Å². The number of benzene rings is 2. The molecule has 0 saturated heterocycles. The summed E-state index contributed by atoms with van der Waals surface area (Å²) in [5, 5.41) is 15.1. The Labute approximate surface area is 155 Å². The fourth-order valence-electron chi connectivity index (χ4n) is 3.48. The molecule has 3 N–H and O–H groups in total. The summed E-state index contributed by atoms with van der Waals surface area (Å²) in [4.78, 5) is 14.3. The van der Waals surface area contributed by atoms with E-state index in [1.807, 2.05) is 12.1 Å². The average molecular weight is 353 g/mol. The summed E-state index contributed by atoms with van der Waals surface area (Å²) < 4.78 is 0. The smallest absolute Gasteiger partial charge is 0.314 e. The number of para-hydroxylation sites is 1. The number of carbonyl (C=O) groups excluding carboxylic acids is 1. The summed E-state index contributed by atoms with van der Waals surface area (Å²) in [6, 6.07) is 16.0. The number of rotatable bonds is 7. The summed E-state index contributed by atoms with van der Waals surface area (Å²) >= 11 is 0. The van der Waals surface area contributed by atoms with E-state index in [2.05, 4.69) is 46.7 Å². The second-order valence-electron chi connectivity index (χ2n) is 6.83. The van der Waals surface area contributed by atoms with E-state index >= 15 is 0 Å². The van der Waals surface area contributed by atoms with Gasteiger partial charge in [-0.2, -0.15) is 0 Å². The molecule has 1 heterocycles. The quantitative estimate of drug-likeness (QED) is 0.670. The number of aryl methyl sites for hydroxylation is 1. The molecule has 138 valence electrons. The number of hydrogen-bond acceptors (Lipinski definition) is 3. The third-order valence-corrected chi connectivity index (χ3v) is 4.85. The van der Waals surface area contributed by atoms with Crippen molar-refractivity contribution < 1.29 is 9.90 Å². The molecule has 2 aromatic carbocycles. The van der Waals surface area contributed by atoms with Crippen LogP contribution in [0.3, 0.4) is 0 Å². The Bertz CT molecular complexity index is 730. The minimum Gasteiger partial charge on any atom is -0.508 e. The second kappa shape index (κ2) is 8.61. The lowest BCUT2D eigenvalue weighted by atomic mass is 10.1. The van der Waals surface area contributed by atoms with Crippen molar-refractivity contribution >= 4 is 11.7 Å². The highest BCUT2D eigenvalue weighted by Crippen LogP contribution is 2.31. The number of nitrogens with zero attached hydrogens (tertiary/aromatic N) is 1. The lowest BCUT2D eigenvalue weighted by Gasteiger charge is -2.25. The largest absolute Gasteiger partial charge is 0.508 e. The predicted octanol–water partition coefficient (Wildman–Crippen LogP) is 3.08. The van der Waals surface area contributed by atoms with E-state index in [4.69, 9.17) is 0 Å². The molecule has 1 atom stereocenters. The third kappa shape index (κ3) is 4.69. The minimum absolute atomic E-state index is 0.115. The molecule has 3 rings (SSSR count). The van der Waals surface area contributed by atoms with Gasteiger partial charge in [-0.3, -0.25) is 0 Å². The average Bonchev–Trinajstić information content (AvgIpc) is 2.96. The number of nitrogens with one attached hydrogen (secondary N) is 2. The molecule has 0 bridgehead atoms. The van der Waals surface area contributed by atoms with Gasteiger partial charge < -0.3 is 20.6 Å². The van der Waals surface area contributed by atoms with Crippen molar-refractivity contribution in [2.24, 2.45) is 0 Å². The Kier molecular flexibility index (Phi) is 6.00. The van der Waals surface area contributed by atoms with Crippen molar-refractivity contribution in [3.63, 3.8) is 0 Å². The lowest BCUT2D eigenvalue weighted by molar-refractivity contribution is 0.241. The van der Waals surface area contributed by atoms with Crippen LogP contribution in [0.15, 0.2) is 48.5 Å². The van der Waals surface area contributed by atoms with Gasteiger partial charge in [0.15, 0.2) is 0 Å². The molecule has 0 radical (unpaired) electrons. The first kappa shape index (κ1) is 18.1. The van der Waals surface area contributed by atoms with Crippen LogP contribution in [0.5, 0.6) is 5.75 Å². The number of fused-ring (bicyclic) bond motifs is 1. The van der Waals surface area contributed by atoms with E-state index < -0.39 is 0 Å². The molecular formula is C21H27N3O2. The summed E-state index contributed by atoms with van der Waals surface area (Å²) in [5.74, 6) is 0.279. The topological polar surface area (TPSA) is 64.6 Å². The van der Waals surface area contributed by atoms with Gasteiger partial charge in [0.2, 0.25) is 0 Å². The van der Waals surface area contributed by atoms with Crippen molar-refractivity contribution in [1.29, 1.82) is 0 Å². The van der Waals surface area contributed by atoms with Crippen molar-refractivity contribution in [2.75, 3.05) is 24.5 Å². The van der Waals surface area contributed by atoms with Gasteiger partial charge in [-0.1, -0.05) is 30.3 Å². The second-order valence-corrected chi connectivity index (χ2v) is 6.83. The maximum atomic E-state index is 11.9. The SMILES string of the molecule is CC1Cc2ccccc2N1CCNC(=O)NCCCc1ccc(O)cc1. The number of aromatic hydroxyl groups is 1. The third-order valence-electron chi connectivity index (χ3n) is 4.85. The zero-order chi connectivity index (χ0) is 18.4. The predicted molar refractivity (Wildman–Crippen MR) is 105 cm³/mol. The van der Waals surface area contributed by atoms with Gasteiger partial charge in [0.1, 0.15) is 5.75 Å². The first-order valence-corrected chi connectivity index (χ1v) is 9.27. The standard InChI is InChI=1S/C21H27N3O2/c1-16-15-18-6-2-3-7-20(18)24(16)14-13-23-21(26)22-12-4-5-17-8-10-19(25)11-9-17/h2-3,6-11,16,25H,4-5,12-15H2,1H3,(H2,22,23,26). The number of phenols is 1. The summed E-state index contributed by atoms with van der Waals surface area (Å²) in [6.45, 7) is 4.31. The van der Waals surface area contributed by atoms with E-state index in [0.717, 1.165) is 31.4 Å². The Hall–Kier alpha value is -2.69. The van der Waals surface area contributed by atoms with Crippen LogP contribution in [0.4, 0.5) is 10.5 Å². The van der Waals surface area contributed by atoms with Crippen LogP contribution >= 0.6 is 0 Å². The summed E-state index contributed by atoms with van der Waals surface area (Å²) in [5.41, 5.74) is 3.83. The molecule has 0 aliphatic carbocycles. The Morgan fingerprint density at radius 2 is 1.85 bits per heavy atom. The van der Waals surface area contributed by atoms with Gasteiger partial charge in [0.05, 0.1) is 0 Å². The van der Waals surface area contributed by atoms with E-state index in [1.54, 1.807) is 12.1 Å². The molecule has 2 amide bonds. The van der Waals surface area contributed by atoms with Crippen LogP contribution in [0, 0.1) is 0 Å². The van der Waals surface area contributed by atoms with Crippen LogP contribution in [-0.2, 0) is 12.8 Å². The lowest BCUT2D eigenvalue weighted by Crippen LogP contribution is -2.42. The van der Waals surface area contributed by atoms with Crippen LogP contribution in [0.1, 0.15) is 24.5 Å². The zero-order valence-electron chi connectivity index (χ0n) is 15.2. The van der Waals surface area contributed by atoms with E-state index in [1.165, 1.54) is 11.3 Å². The van der Waals surface area contributed by atoms with E-state index in [9.17, 15) is 9.90 Å². The molecule has 1 unspecified atom stereocenters.